The molecule has 0 aliphatic carbocycles. The van der Waals surface area contributed by atoms with E-state index in [2.05, 4.69) is 22.5 Å². The second kappa shape index (κ2) is 5.88. The smallest absolute Gasteiger partial charge is 0.322 e. The van der Waals surface area contributed by atoms with Crippen LogP contribution in [0, 0.1) is 6.92 Å². The van der Waals surface area contributed by atoms with E-state index in [4.69, 9.17) is 4.74 Å². The van der Waals surface area contributed by atoms with Crippen LogP contribution in [0.5, 0.6) is 5.88 Å². The number of aryl methyl sites for hydroxylation is 1. The topological polar surface area (TPSA) is 66.5 Å². The maximum atomic E-state index is 12.2. The fourth-order valence-electron chi connectivity index (χ4n) is 2.09. The Morgan fingerprint density at radius 1 is 1.58 bits per heavy atom. The number of methoxy groups -OCH3 is 1. The zero-order valence-corrected chi connectivity index (χ0v) is 11.6. The number of hydrogen-bond donors (Lipinski definition) is 2. The number of nitrogens with zero attached hydrogens (tertiary/aromatic N) is 2. The lowest BCUT2D eigenvalue weighted by Gasteiger charge is -2.31. The number of ether oxygens (including phenoxy) is 1. The minimum Gasteiger partial charge on any atom is -0.480 e. The summed E-state index contributed by atoms with van der Waals surface area (Å²) in [5, 5.41) is 6.15. The van der Waals surface area contributed by atoms with Gasteiger partial charge in [0, 0.05) is 31.4 Å². The maximum absolute atomic E-state index is 12.2. The van der Waals surface area contributed by atoms with Gasteiger partial charge in [-0.2, -0.15) is 0 Å². The van der Waals surface area contributed by atoms with Crippen LogP contribution in [0.3, 0.4) is 0 Å². The Labute approximate surface area is 113 Å². The molecular weight excluding hydrogens is 244 g/mol. The van der Waals surface area contributed by atoms with Crippen LogP contribution in [-0.2, 0) is 0 Å². The van der Waals surface area contributed by atoms with Crippen molar-refractivity contribution in [2.45, 2.75) is 19.9 Å². The molecule has 0 bridgehead atoms. The summed E-state index contributed by atoms with van der Waals surface area (Å²) in [5.41, 5.74) is 1.45. The Hall–Kier alpha value is -1.82. The van der Waals surface area contributed by atoms with Gasteiger partial charge in [0.05, 0.1) is 7.11 Å². The van der Waals surface area contributed by atoms with Crippen molar-refractivity contribution in [3.8, 4) is 5.88 Å². The first kappa shape index (κ1) is 13.6. The first-order valence-corrected chi connectivity index (χ1v) is 6.41. The average molecular weight is 264 g/mol. The minimum absolute atomic E-state index is 0.114. The van der Waals surface area contributed by atoms with E-state index in [0.717, 1.165) is 12.2 Å². The molecule has 1 aromatic heterocycles. The van der Waals surface area contributed by atoms with Crippen LogP contribution >= 0.6 is 0 Å². The average Bonchev–Trinajstić information content (AvgIpc) is 2.40. The van der Waals surface area contributed by atoms with Gasteiger partial charge in [-0.15, -0.1) is 0 Å². The minimum atomic E-state index is -0.114. The third-order valence-electron chi connectivity index (χ3n) is 3.09. The molecule has 2 rings (SSSR count). The Balaban J connectivity index is 2.06. The quantitative estimate of drug-likeness (QED) is 0.843. The summed E-state index contributed by atoms with van der Waals surface area (Å²) in [6.07, 6.45) is 0. The summed E-state index contributed by atoms with van der Waals surface area (Å²) in [7, 11) is 1.55. The number of hydrogen-bond acceptors (Lipinski definition) is 4. The van der Waals surface area contributed by atoms with Crippen molar-refractivity contribution in [2.24, 2.45) is 0 Å². The number of nitrogens with one attached hydrogen (secondary N) is 2. The van der Waals surface area contributed by atoms with E-state index in [0.29, 0.717) is 30.7 Å². The summed E-state index contributed by atoms with van der Waals surface area (Å²) in [6.45, 7) is 6.17. The lowest BCUT2D eigenvalue weighted by atomic mass is 10.2. The monoisotopic (exact) mass is 264 g/mol. The molecule has 2 amide bonds. The lowest BCUT2D eigenvalue weighted by Crippen LogP contribution is -2.52. The molecular formula is C13H20N4O2. The van der Waals surface area contributed by atoms with Crippen molar-refractivity contribution in [3.05, 3.63) is 17.8 Å². The second-order valence-electron chi connectivity index (χ2n) is 4.74. The largest absolute Gasteiger partial charge is 0.480 e. The Morgan fingerprint density at radius 2 is 2.37 bits per heavy atom. The van der Waals surface area contributed by atoms with Gasteiger partial charge in [0.15, 0.2) is 0 Å². The normalized spacial score (nSPS) is 19.1. The fourth-order valence-corrected chi connectivity index (χ4v) is 2.09. The molecule has 19 heavy (non-hydrogen) atoms. The molecule has 0 radical (unpaired) electrons. The third kappa shape index (κ3) is 3.35. The summed E-state index contributed by atoms with van der Waals surface area (Å²) < 4.78 is 5.18. The van der Waals surface area contributed by atoms with Gasteiger partial charge in [0.1, 0.15) is 5.69 Å². The molecule has 2 N–H and O–H groups in total. The van der Waals surface area contributed by atoms with Crippen LogP contribution in [0.1, 0.15) is 12.6 Å². The molecule has 1 atom stereocenters. The van der Waals surface area contributed by atoms with Crippen molar-refractivity contribution in [3.63, 3.8) is 0 Å². The van der Waals surface area contributed by atoms with Gasteiger partial charge in [-0.1, -0.05) is 0 Å². The number of amides is 2. The fraction of sp³-hybridized carbons (Fsp3) is 0.538. The molecule has 1 fully saturated rings. The number of aromatic nitrogens is 1. The van der Waals surface area contributed by atoms with Crippen molar-refractivity contribution in [1.82, 2.24) is 15.2 Å². The molecule has 1 aromatic rings. The van der Waals surface area contributed by atoms with Gasteiger partial charge in [-0.05, 0) is 26.0 Å². The number of anilines is 1. The number of urea groups is 1. The van der Waals surface area contributed by atoms with E-state index >= 15 is 0 Å². The van der Waals surface area contributed by atoms with Gasteiger partial charge in [-0.3, -0.25) is 0 Å². The van der Waals surface area contributed by atoms with Gasteiger partial charge in [-0.25, -0.2) is 9.78 Å². The molecule has 2 heterocycles. The van der Waals surface area contributed by atoms with Crippen molar-refractivity contribution < 1.29 is 9.53 Å². The predicted octanol–water partition coefficient (Wildman–Crippen LogP) is 1.22. The first-order valence-electron chi connectivity index (χ1n) is 6.41. The van der Waals surface area contributed by atoms with Crippen LogP contribution in [0.4, 0.5) is 10.5 Å². The van der Waals surface area contributed by atoms with E-state index in [9.17, 15) is 4.79 Å². The van der Waals surface area contributed by atoms with E-state index in [-0.39, 0.29) is 6.03 Å². The maximum Gasteiger partial charge on any atom is 0.322 e. The first-order chi connectivity index (χ1) is 9.10. The van der Waals surface area contributed by atoms with E-state index in [1.165, 1.54) is 0 Å². The standard InChI is InChI=1S/C13H20N4O2/c1-9-4-5-11(12(15-9)19-3)16-13(18)17-7-6-14-10(2)8-17/h4-5,10,14H,6-8H2,1-3H3,(H,16,18). The van der Waals surface area contributed by atoms with Gasteiger partial charge in [0.25, 0.3) is 0 Å². The summed E-state index contributed by atoms with van der Waals surface area (Å²) in [4.78, 5) is 18.2. The molecule has 1 aliphatic heterocycles. The lowest BCUT2D eigenvalue weighted by molar-refractivity contribution is 0.192. The highest BCUT2D eigenvalue weighted by molar-refractivity contribution is 5.90. The highest BCUT2D eigenvalue weighted by Crippen LogP contribution is 2.22. The number of pyridine rings is 1. The Kier molecular flexibility index (Phi) is 4.21. The molecule has 6 nitrogen and oxygen atoms in total. The second-order valence-corrected chi connectivity index (χ2v) is 4.74. The Morgan fingerprint density at radius 3 is 3.05 bits per heavy atom. The third-order valence-corrected chi connectivity index (χ3v) is 3.09. The summed E-state index contributed by atoms with van der Waals surface area (Å²) >= 11 is 0. The van der Waals surface area contributed by atoms with Gasteiger partial charge >= 0.3 is 6.03 Å². The molecule has 104 valence electrons. The summed E-state index contributed by atoms with van der Waals surface area (Å²) in [5.74, 6) is 0.441. The van der Waals surface area contributed by atoms with Crippen LogP contribution < -0.4 is 15.4 Å². The molecule has 1 saturated heterocycles. The molecule has 6 heteroatoms. The van der Waals surface area contributed by atoms with Gasteiger partial charge in [0.2, 0.25) is 5.88 Å². The SMILES string of the molecule is COc1nc(C)ccc1NC(=O)N1CCNC(C)C1. The van der Waals surface area contributed by atoms with Crippen LogP contribution in [0.25, 0.3) is 0 Å². The summed E-state index contributed by atoms with van der Waals surface area (Å²) in [6, 6.07) is 3.86. The number of carbonyl (C=O) groups is 1. The molecule has 1 aliphatic rings. The van der Waals surface area contributed by atoms with E-state index in [1.807, 2.05) is 19.1 Å². The van der Waals surface area contributed by atoms with Crippen molar-refractivity contribution >= 4 is 11.7 Å². The molecule has 0 saturated carbocycles. The van der Waals surface area contributed by atoms with E-state index in [1.54, 1.807) is 12.0 Å². The zero-order valence-electron chi connectivity index (χ0n) is 11.6. The van der Waals surface area contributed by atoms with Crippen LogP contribution in [0.2, 0.25) is 0 Å². The van der Waals surface area contributed by atoms with E-state index < -0.39 is 0 Å². The number of piperazine rings is 1. The highest BCUT2D eigenvalue weighted by Gasteiger charge is 2.21. The van der Waals surface area contributed by atoms with Crippen LogP contribution in [0.15, 0.2) is 12.1 Å². The highest BCUT2D eigenvalue weighted by atomic mass is 16.5. The van der Waals surface area contributed by atoms with Crippen LogP contribution in [-0.4, -0.2) is 48.7 Å². The number of carbonyl (C=O) groups excluding carboxylic acids is 1. The molecule has 0 aromatic carbocycles. The molecule has 1 unspecified atom stereocenters. The molecule has 0 spiro atoms. The Bertz CT molecular complexity index is 464. The van der Waals surface area contributed by atoms with Crippen molar-refractivity contribution in [1.29, 1.82) is 0 Å². The van der Waals surface area contributed by atoms with Gasteiger partial charge < -0.3 is 20.3 Å². The van der Waals surface area contributed by atoms with Crippen molar-refractivity contribution in [2.75, 3.05) is 32.1 Å². The number of rotatable bonds is 2. The predicted molar refractivity (Wildman–Crippen MR) is 73.6 cm³/mol. The zero-order chi connectivity index (χ0) is 13.8.